The van der Waals surface area contributed by atoms with Crippen LogP contribution in [0, 0.1) is 0 Å². The van der Waals surface area contributed by atoms with Gasteiger partial charge in [-0.25, -0.2) is 4.98 Å². The average Bonchev–Trinajstić information content (AvgIpc) is 3.09. The van der Waals surface area contributed by atoms with Crippen LogP contribution in [-0.2, 0) is 0 Å². The van der Waals surface area contributed by atoms with E-state index in [9.17, 15) is 4.79 Å². The second-order valence-electron chi connectivity index (χ2n) is 4.74. The third-order valence-corrected chi connectivity index (χ3v) is 4.10. The van der Waals surface area contributed by atoms with Crippen LogP contribution in [-0.4, -0.2) is 33.8 Å². The number of methoxy groups -OCH3 is 1. The van der Waals surface area contributed by atoms with Crippen molar-refractivity contribution in [1.82, 2.24) is 15.2 Å². The van der Waals surface area contributed by atoms with E-state index in [-0.39, 0.29) is 11.5 Å². The number of nitrogens with zero attached hydrogens (tertiary/aromatic N) is 2. The number of hydrogen-bond donors (Lipinski definition) is 1. The first-order valence-electron chi connectivity index (χ1n) is 7.05. The second-order valence-corrected chi connectivity index (χ2v) is 5.69. The number of thioether (sulfide) groups is 1. The molecule has 0 saturated heterocycles. The van der Waals surface area contributed by atoms with Crippen molar-refractivity contribution < 1.29 is 9.53 Å². The number of carbonyl (C=O) groups excluding carboxylic acids is 1. The van der Waals surface area contributed by atoms with Crippen molar-refractivity contribution >= 4 is 17.5 Å². The molecule has 0 amide bonds. The highest BCUT2D eigenvalue weighted by Crippen LogP contribution is 2.23. The van der Waals surface area contributed by atoms with Gasteiger partial charge in [-0.2, -0.15) is 0 Å². The van der Waals surface area contributed by atoms with Crippen LogP contribution in [0.4, 0.5) is 0 Å². The van der Waals surface area contributed by atoms with Crippen molar-refractivity contribution in [2.24, 2.45) is 0 Å². The molecule has 1 aromatic heterocycles. The number of nitrogens with one attached hydrogen (secondary N) is 1. The van der Waals surface area contributed by atoms with E-state index in [2.05, 4.69) is 15.2 Å². The lowest BCUT2D eigenvalue weighted by molar-refractivity contribution is 0.101. The van der Waals surface area contributed by atoms with E-state index in [0.29, 0.717) is 22.3 Å². The zero-order valence-corrected chi connectivity index (χ0v) is 13.3. The van der Waals surface area contributed by atoms with Crippen LogP contribution in [0.2, 0.25) is 0 Å². The monoisotopic (exact) mass is 325 g/mol. The summed E-state index contributed by atoms with van der Waals surface area (Å²) in [5, 5.41) is 7.58. The molecule has 6 heteroatoms. The largest absolute Gasteiger partial charge is 0.496 e. The number of aromatic nitrogens is 3. The molecule has 0 atom stereocenters. The molecule has 0 radical (unpaired) electrons. The first-order chi connectivity index (χ1) is 11.3. The Kier molecular flexibility index (Phi) is 4.73. The summed E-state index contributed by atoms with van der Waals surface area (Å²) >= 11 is 1.30. The first kappa shape index (κ1) is 15.3. The predicted octanol–water partition coefficient (Wildman–Crippen LogP) is 3.46. The fraction of sp³-hybridized carbons (Fsp3) is 0.118. The topological polar surface area (TPSA) is 67.9 Å². The molecule has 1 N–H and O–H groups in total. The molecular formula is C17H15N3O2S. The van der Waals surface area contributed by atoms with Crippen molar-refractivity contribution in [2.45, 2.75) is 5.16 Å². The van der Waals surface area contributed by atoms with Gasteiger partial charge in [0.2, 0.25) is 5.16 Å². The zero-order valence-electron chi connectivity index (χ0n) is 12.5. The summed E-state index contributed by atoms with van der Waals surface area (Å²) in [4.78, 5) is 16.7. The Morgan fingerprint density at radius 2 is 1.87 bits per heavy atom. The fourth-order valence-corrected chi connectivity index (χ4v) is 2.80. The highest BCUT2D eigenvalue weighted by molar-refractivity contribution is 7.99. The van der Waals surface area contributed by atoms with E-state index in [1.165, 1.54) is 11.8 Å². The van der Waals surface area contributed by atoms with E-state index in [4.69, 9.17) is 4.74 Å². The number of hydrogen-bond acceptors (Lipinski definition) is 5. The maximum atomic E-state index is 12.3. The van der Waals surface area contributed by atoms with Gasteiger partial charge in [0.1, 0.15) is 5.75 Å². The van der Waals surface area contributed by atoms with Gasteiger partial charge in [-0.1, -0.05) is 54.2 Å². The maximum absolute atomic E-state index is 12.3. The minimum Gasteiger partial charge on any atom is -0.496 e. The molecule has 1 heterocycles. The lowest BCUT2D eigenvalue weighted by atomic mass is 10.1. The third kappa shape index (κ3) is 3.60. The van der Waals surface area contributed by atoms with Gasteiger partial charge in [-0.3, -0.25) is 9.89 Å². The van der Waals surface area contributed by atoms with Crippen molar-refractivity contribution in [2.75, 3.05) is 12.9 Å². The lowest BCUT2D eigenvalue weighted by Crippen LogP contribution is -2.04. The number of H-pyrrole nitrogens is 1. The van der Waals surface area contributed by atoms with Crippen molar-refractivity contribution in [3.8, 4) is 17.1 Å². The van der Waals surface area contributed by atoms with Gasteiger partial charge in [0.25, 0.3) is 0 Å². The van der Waals surface area contributed by atoms with Crippen LogP contribution in [0.3, 0.4) is 0 Å². The van der Waals surface area contributed by atoms with Crippen LogP contribution in [0.5, 0.6) is 5.75 Å². The van der Waals surface area contributed by atoms with Crippen molar-refractivity contribution in [3.63, 3.8) is 0 Å². The molecule has 0 aliphatic carbocycles. The molecule has 0 fully saturated rings. The molecular weight excluding hydrogens is 310 g/mol. The van der Waals surface area contributed by atoms with Gasteiger partial charge in [0.05, 0.1) is 18.4 Å². The van der Waals surface area contributed by atoms with Crippen LogP contribution < -0.4 is 4.74 Å². The number of para-hydroxylation sites is 1. The van der Waals surface area contributed by atoms with Gasteiger partial charge in [-0.15, -0.1) is 5.10 Å². The number of ether oxygens (including phenoxy) is 1. The third-order valence-electron chi connectivity index (χ3n) is 3.25. The molecule has 2 aromatic carbocycles. The minimum absolute atomic E-state index is 0.0153. The molecule has 5 nitrogen and oxygen atoms in total. The van der Waals surface area contributed by atoms with E-state index in [1.807, 2.05) is 42.5 Å². The van der Waals surface area contributed by atoms with Crippen LogP contribution in [0.15, 0.2) is 59.8 Å². The maximum Gasteiger partial charge on any atom is 0.209 e. The molecule has 116 valence electrons. The first-order valence-corrected chi connectivity index (χ1v) is 8.03. The predicted molar refractivity (Wildman–Crippen MR) is 89.9 cm³/mol. The van der Waals surface area contributed by atoms with Crippen molar-refractivity contribution in [3.05, 3.63) is 60.2 Å². The molecule has 0 unspecified atom stereocenters. The second kappa shape index (κ2) is 7.11. The molecule has 0 bridgehead atoms. The molecule has 0 aliphatic heterocycles. The quantitative estimate of drug-likeness (QED) is 0.555. The molecule has 0 saturated carbocycles. The summed E-state index contributed by atoms with van der Waals surface area (Å²) in [5.41, 5.74) is 1.53. The normalized spacial score (nSPS) is 10.5. The Morgan fingerprint density at radius 1 is 1.13 bits per heavy atom. The Bertz CT molecular complexity index is 802. The number of benzene rings is 2. The summed E-state index contributed by atoms with van der Waals surface area (Å²) in [5.74, 6) is 1.52. The standard InChI is InChI=1S/C17H15N3O2S/c1-22-15-10-6-5-9-13(15)14(21)11-23-17-18-16(19-20-17)12-7-3-2-4-8-12/h2-10H,11H2,1H3,(H,18,19,20). The van der Waals surface area contributed by atoms with Gasteiger partial charge in [0, 0.05) is 5.56 Å². The number of aromatic amines is 1. The zero-order chi connectivity index (χ0) is 16.1. The highest BCUT2D eigenvalue weighted by Gasteiger charge is 2.13. The average molecular weight is 325 g/mol. The van der Waals surface area contributed by atoms with Crippen LogP contribution in [0.25, 0.3) is 11.4 Å². The Labute approximate surface area is 138 Å². The SMILES string of the molecule is COc1ccccc1C(=O)CSc1n[nH]c(-c2ccccc2)n1. The number of carbonyl (C=O) groups is 1. The molecule has 0 aliphatic rings. The van der Waals surface area contributed by atoms with Crippen molar-refractivity contribution in [1.29, 1.82) is 0 Å². The van der Waals surface area contributed by atoms with E-state index >= 15 is 0 Å². The summed E-state index contributed by atoms with van der Waals surface area (Å²) in [6, 6.07) is 16.9. The number of ketones is 1. The van der Waals surface area contributed by atoms with Gasteiger partial charge in [0.15, 0.2) is 11.6 Å². The minimum atomic E-state index is -0.0153. The molecule has 23 heavy (non-hydrogen) atoms. The Hall–Kier alpha value is -2.60. The van der Waals surface area contributed by atoms with E-state index in [1.54, 1.807) is 19.2 Å². The Morgan fingerprint density at radius 3 is 2.65 bits per heavy atom. The van der Waals surface area contributed by atoms with Gasteiger partial charge in [-0.05, 0) is 12.1 Å². The Balaban J connectivity index is 1.67. The summed E-state index contributed by atoms with van der Waals surface area (Å²) < 4.78 is 5.21. The van der Waals surface area contributed by atoms with Crippen LogP contribution in [0.1, 0.15) is 10.4 Å². The van der Waals surface area contributed by atoms with Gasteiger partial charge >= 0.3 is 0 Å². The number of Topliss-reactive ketones (excluding diaryl/α,β-unsaturated/α-hetero) is 1. The van der Waals surface area contributed by atoms with Crippen LogP contribution >= 0.6 is 11.8 Å². The lowest BCUT2D eigenvalue weighted by Gasteiger charge is -2.05. The molecule has 3 rings (SSSR count). The van der Waals surface area contributed by atoms with E-state index < -0.39 is 0 Å². The van der Waals surface area contributed by atoms with Gasteiger partial charge < -0.3 is 4.74 Å². The fourth-order valence-electron chi connectivity index (χ4n) is 2.12. The summed E-state index contributed by atoms with van der Waals surface area (Å²) in [6.45, 7) is 0. The number of rotatable bonds is 6. The highest BCUT2D eigenvalue weighted by atomic mass is 32.2. The molecule has 3 aromatic rings. The smallest absolute Gasteiger partial charge is 0.209 e. The summed E-state index contributed by atoms with van der Waals surface area (Å²) in [7, 11) is 1.56. The molecule has 0 spiro atoms. The van der Waals surface area contributed by atoms with E-state index in [0.717, 1.165) is 5.56 Å². The summed E-state index contributed by atoms with van der Waals surface area (Å²) in [6.07, 6.45) is 0.